The number of hydrogen-bond donors (Lipinski definition) is 3. The van der Waals surface area contributed by atoms with Crippen LogP contribution < -0.4 is 5.32 Å². The molecule has 0 saturated carbocycles. The molecule has 2 atom stereocenters. The maximum absolute atomic E-state index is 13.5. The molecular formula is C24H17F2NO2. The van der Waals surface area contributed by atoms with Gasteiger partial charge in [-0.05, 0) is 58.3 Å². The van der Waals surface area contributed by atoms with Crippen LogP contribution in [0.4, 0.5) is 8.78 Å². The van der Waals surface area contributed by atoms with Crippen molar-refractivity contribution in [3.63, 3.8) is 0 Å². The number of rotatable bonds is 2. The van der Waals surface area contributed by atoms with E-state index in [1.165, 1.54) is 24.3 Å². The third-order valence-electron chi connectivity index (χ3n) is 5.54. The largest absolute Gasteiger partial charge is 0.508 e. The van der Waals surface area contributed by atoms with Crippen molar-refractivity contribution in [1.82, 2.24) is 5.32 Å². The Morgan fingerprint density at radius 1 is 0.586 bits per heavy atom. The van der Waals surface area contributed by atoms with Crippen molar-refractivity contribution in [2.45, 2.75) is 12.1 Å². The van der Waals surface area contributed by atoms with Crippen molar-refractivity contribution < 1.29 is 19.0 Å². The Labute approximate surface area is 165 Å². The molecule has 1 aliphatic heterocycles. The number of nitrogens with one attached hydrogen (secondary N) is 1. The van der Waals surface area contributed by atoms with Crippen molar-refractivity contribution >= 4 is 10.8 Å². The predicted octanol–water partition coefficient (Wildman–Crippen LogP) is 5.31. The predicted molar refractivity (Wildman–Crippen MR) is 107 cm³/mol. The highest BCUT2D eigenvalue weighted by atomic mass is 19.1. The molecule has 1 heterocycles. The molecular weight excluding hydrogens is 372 g/mol. The Hall–Kier alpha value is -3.44. The number of hydrogen-bond acceptors (Lipinski definition) is 3. The van der Waals surface area contributed by atoms with Crippen LogP contribution in [-0.2, 0) is 0 Å². The molecule has 144 valence electrons. The fourth-order valence-electron chi connectivity index (χ4n) is 4.21. The lowest BCUT2D eigenvalue weighted by Gasteiger charge is -2.35. The molecule has 4 aromatic carbocycles. The second-order valence-electron chi connectivity index (χ2n) is 7.23. The highest BCUT2D eigenvalue weighted by molar-refractivity contribution is 5.95. The summed E-state index contributed by atoms with van der Waals surface area (Å²) in [5, 5.41) is 26.5. The lowest BCUT2D eigenvalue weighted by molar-refractivity contribution is 0.432. The van der Waals surface area contributed by atoms with Crippen molar-refractivity contribution in [2.24, 2.45) is 0 Å². The fourth-order valence-corrected chi connectivity index (χ4v) is 4.21. The second-order valence-corrected chi connectivity index (χ2v) is 7.23. The van der Waals surface area contributed by atoms with Gasteiger partial charge in [0.05, 0.1) is 12.1 Å². The van der Waals surface area contributed by atoms with Gasteiger partial charge in [0.15, 0.2) is 0 Å². The van der Waals surface area contributed by atoms with Gasteiger partial charge in [0, 0.05) is 11.1 Å². The molecule has 0 saturated heterocycles. The summed E-state index contributed by atoms with van der Waals surface area (Å²) in [5.74, 6) is -0.521. The minimum absolute atomic E-state index is 0.0868. The van der Waals surface area contributed by atoms with Gasteiger partial charge < -0.3 is 10.2 Å². The van der Waals surface area contributed by atoms with E-state index in [4.69, 9.17) is 0 Å². The van der Waals surface area contributed by atoms with E-state index >= 15 is 0 Å². The van der Waals surface area contributed by atoms with Crippen LogP contribution in [0.1, 0.15) is 34.3 Å². The van der Waals surface area contributed by atoms with Gasteiger partial charge in [-0.1, -0.05) is 36.4 Å². The van der Waals surface area contributed by atoms with Gasteiger partial charge in [-0.15, -0.1) is 0 Å². The van der Waals surface area contributed by atoms with E-state index in [1.807, 2.05) is 0 Å². The quantitative estimate of drug-likeness (QED) is 0.435. The highest BCUT2D eigenvalue weighted by Crippen LogP contribution is 2.48. The molecule has 4 aromatic rings. The van der Waals surface area contributed by atoms with E-state index in [1.54, 1.807) is 48.5 Å². The van der Waals surface area contributed by atoms with Gasteiger partial charge in [0.2, 0.25) is 0 Å². The van der Waals surface area contributed by atoms with Crippen molar-refractivity contribution in [3.05, 3.63) is 107 Å². The summed E-state index contributed by atoms with van der Waals surface area (Å²) in [4.78, 5) is 0. The summed E-state index contributed by atoms with van der Waals surface area (Å²) in [5.41, 5.74) is 2.79. The molecule has 2 unspecified atom stereocenters. The zero-order valence-corrected chi connectivity index (χ0v) is 15.2. The van der Waals surface area contributed by atoms with Crippen LogP contribution in [0.15, 0.2) is 72.8 Å². The average Bonchev–Trinajstić information content (AvgIpc) is 2.73. The summed E-state index contributed by atoms with van der Waals surface area (Å²) < 4.78 is 27.0. The van der Waals surface area contributed by atoms with Crippen molar-refractivity contribution in [3.8, 4) is 11.5 Å². The maximum Gasteiger partial charge on any atom is 0.123 e. The molecule has 3 N–H and O–H groups in total. The Morgan fingerprint density at radius 3 is 1.41 bits per heavy atom. The summed E-state index contributed by atoms with van der Waals surface area (Å²) in [6.07, 6.45) is 0. The molecule has 0 aliphatic carbocycles. The molecule has 1 aliphatic rings. The number of halogens is 2. The molecule has 5 heteroatoms. The van der Waals surface area contributed by atoms with Crippen LogP contribution in [-0.4, -0.2) is 10.2 Å². The third-order valence-corrected chi connectivity index (χ3v) is 5.54. The Kier molecular flexibility index (Phi) is 4.00. The standard InChI is InChI=1S/C24H17F2NO2/c25-16-7-1-14(2-8-16)23-21-18(28)11-5-13-6-12-19(29)22(20(13)21)24(27-23)15-3-9-17(26)10-4-15/h1-12,23-24,27-29H. The fraction of sp³-hybridized carbons (Fsp3) is 0.0833. The summed E-state index contributed by atoms with van der Waals surface area (Å²) >= 11 is 0. The van der Waals surface area contributed by atoms with Gasteiger partial charge in [0.1, 0.15) is 23.1 Å². The molecule has 0 fully saturated rings. The normalized spacial score (nSPS) is 18.1. The summed E-state index contributed by atoms with van der Waals surface area (Å²) in [6.45, 7) is 0. The van der Waals surface area contributed by atoms with Gasteiger partial charge in [-0.2, -0.15) is 0 Å². The molecule has 3 nitrogen and oxygen atoms in total. The van der Waals surface area contributed by atoms with E-state index in [2.05, 4.69) is 5.32 Å². The topological polar surface area (TPSA) is 52.5 Å². The molecule has 5 rings (SSSR count). The van der Waals surface area contributed by atoms with E-state index in [-0.39, 0.29) is 23.1 Å². The summed E-state index contributed by atoms with van der Waals surface area (Å²) in [7, 11) is 0. The van der Waals surface area contributed by atoms with Gasteiger partial charge in [0.25, 0.3) is 0 Å². The Morgan fingerprint density at radius 2 is 1.00 bits per heavy atom. The number of benzene rings is 4. The first-order valence-corrected chi connectivity index (χ1v) is 9.27. The first-order valence-electron chi connectivity index (χ1n) is 9.27. The molecule has 0 bridgehead atoms. The van der Waals surface area contributed by atoms with E-state index in [9.17, 15) is 19.0 Å². The minimum atomic E-state index is -0.441. The zero-order valence-electron chi connectivity index (χ0n) is 15.2. The second kappa shape index (κ2) is 6.57. The smallest absolute Gasteiger partial charge is 0.123 e. The lowest BCUT2D eigenvalue weighted by atomic mass is 9.81. The molecule has 0 amide bonds. The van der Waals surface area contributed by atoms with E-state index in [0.29, 0.717) is 11.1 Å². The van der Waals surface area contributed by atoms with Gasteiger partial charge >= 0.3 is 0 Å². The highest BCUT2D eigenvalue weighted by Gasteiger charge is 2.34. The van der Waals surface area contributed by atoms with Crippen LogP contribution in [0.25, 0.3) is 10.8 Å². The molecule has 29 heavy (non-hydrogen) atoms. The maximum atomic E-state index is 13.5. The van der Waals surface area contributed by atoms with Crippen LogP contribution >= 0.6 is 0 Å². The number of phenols is 2. The van der Waals surface area contributed by atoms with Crippen LogP contribution in [0.2, 0.25) is 0 Å². The average molecular weight is 389 g/mol. The Bertz CT molecular complexity index is 1130. The summed E-state index contributed by atoms with van der Waals surface area (Å²) in [6, 6.07) is 18.1. The van der Waals surface area contributed by atoms with E-state index in [0.717, 1.165) is 21.9 Å². The van der Waals surface area contributed by atoms with Crippen LogP contribution in [0.5, 0.6) is 11.5 Å². The minimum Gasteiger partial charge on any atom is -0.508 e. The third kappa shape index (κ3) is 2.82. The van der Waals surface area contributed by atoms with Gasteiger partial charge in [-0.3, -0.25) is 5.32 Å². The molecule has 0 radical (unpaired) electrons. The SMILES string of the molecule is Oc1ccc2ccc(O)c3c2c1C(c1ccc(F)cc1)NC3c1ccc(F)cc1. The lowest BCUT2D eigenvalue weighted by Crippen LogP contribution is -2.32. The number of phenolic OH excluding ortho intramolecular Hbond substituents is 2. The zero-order chi connectivity index (χ0) is 20.1. The van der Waals surface area contributed by atoms with Crippen LogP contribution in [0.3, 0.4) is 0 Å². The van der Waals surface area contributed by atoms with E-state index < -0.39 is 12.1 Å². The Balaban J connectivity index is 1.82. The monoisotopic (exact) mass is 389 g/mol. The first-order chi connectivity index (χ1) is 14.0. The first kappa shape index (κ1) is 17.6. The van der Waals surface area contributed by atoms with Gasteiger partial charge in [-0.25, -0.2) is 8.78 Å². The van der Waals surface area contributed by atoms with Crippen molar-refractivity contribution in [1.29, 1.82) is 0 Å². The van der Waals surface area contributed by atoms with Crippen LogP contribution in [0, 0.1) is 11.6 Å². The molecule has 0 spiro atoms. The molecule has 0 aromatic heterocycles. The number of aromatic hydroxyl groups is 2. The van der Waals surface area contributed by atoms with Crippen molar-refractivity contribution in [2.75, 3.05) is 0 Å².